The fourth-order valence-corrected chi connectivity index (χ4v) is 2.43. The van der Waals surface area contributed by atoms with Crippen LogP contribution < -0.4 is 5.32 Å². The van der Waals surface area contributed by atoms with Crippen LogP contribution in [-0.4, -0.2) is 41.6 Å². The van der Waals surface area contributed by atoms with Gasteiger partial charge in [0.25, 0.3) is 0 Å². The number of nitrogens with one attached hydrogen (secondary N) is 1. The lowest BCUT2D eigenvalue weighted by atomic mass is 10.1. The Kier molecular flexibility index (Phi) is 4.33. The molecule has 0 bridgehead atoms. The van der Waals surface area contributed by atoms with E-state index in [0.717, 1.165) is 25.1 Å². The van der Waals surface area contributed by atoms with E-state index in [4.69, 9.17) is 0 Å². The molecule has 0 spiro atoms. The van der Waals surface area contributed by atoms with Crippen LogP contribution in [0, 0.1) is 0 Å². The highest BCUT2D eigenvalue weighted by molar-refractivity contribution is 5.73. The van der Waals surface area contributed by atoms with Gasteiger partial charge in [-0.1, -0.05) is 30.3 Å². The third-order valence-electron chi connectivity index (χ3n) is 3.30. The van der Waals surface area contributed by atoms with Crippen LogP contribution in [0.5, 0.6) is 0 Å². The lowest BCUT2D eigenvalue weighted by Crippen LogP contribution is -2.36. The van der Waals surface area contributed by atoms with Crippen molar-refractivity contribution in [1.82, 2.24) is 10.2 Å². The van der Waals surface area contributed by atoms with Gasteiger partial charge in [0.05, 0.1) is 6.10 Å². The number of carbonyl (C=O) groups excluding carboxylic acids is 1. The summed E-state index contributed by atoms with van der Waals surface area (Å²) in [6.07, 6.45) is 0.503. The van der Waals surface area contributed by atoms with Crippen LogP contribution in [0.3, 0.4) is 0 Å². The fraction of sp³-hybridized carbons (Fsp3) is 0.500. The quantitative estimate of drug-likeness (QED) is 0.833. The van der Waals surface area contributed by atoms with E-state index in [0.29, 0.717) is 6.54 Å². The summed E-state index contributed by atoms with van der Waals surface area (Å²) >= 11 is 0. The summed E-state index contributed by atoms with van der Waals surface area (Å²) in [7, 11) is 0. The van der Waals surface area contributed by atoms with E-state index >= 15 is 0 Å². The molecule has 1 aromatic carbocycles. The van der Waals surface area contributed by atoms with Gasteiger partial charge in [0, 0.05) is 32.6 Å². The molecule has 1 heterocycles. The largest absolute Gasteiger partial charge is 0.387 e. The minimum atomic E-state index is -0.456. The molecule has 4 nitrogen and oxygen atoms in total. The second-order valence-electron chi connectivity index (χ2n) is 4.87. The minimum absolute atomic E-state index is 0.0189. The van der Waals surface area contributed by atoms with Gasteiger partial charge in [-0.2, -0.15) is 0 Å². The monoisotopic (exact) mass is 248 g/mol. The van der Waals surface area contributed by atoms with Crippen LogP contribution in [0.15, 0.2) is 30.3 Å². The normalized spacial score (nSPS) is 21.8. The summed E-state index contributed by atoms with van der Waals surface area (Å²) in [5.41, 5.74) is 0.945. The van der Waals surface area contributed by atoms with E-state index in [-0.39, 0.29) is 11.9 Å². The fourth-order valence-electron chi connectivity index (χ4n) is 2.43. The molecule has 2 N–H and O–H groups in total. The van der Waals surface area contributed by atoms with Gasteiger partial charge >= 0.3 is 0 Å². The minimum Gasteiger partial charge on any atom is -0.387 e. The van der Waals surface area contributed by atoms with Crippen LogP contribution >= 0.6 is 0 Å². The predicted molar refractivity (Wildman–Crippen MR) is 70.1 cm³/mol. The average Bonchev–Trinajstić information content (AvgIpc) is 2.76. The van der Waals surface area contributed by atoms with E-state index in [1.807, 2.05) is 30.3 Å². The number of aliphatic hydroxyl groups excluding tert-OH is 1. The van der Waals surface area contributed by atoms with E-state index in [1.54, 1.807) is 6.92 Å². The molecule has 1 fully saturated rings. The van der Waals surface area contributed by atoms with E-state index in [1.165, 1.54) is 0 Å². The first kappa shape index (κ1) is 13.1. The second kappa shape index (κ2) is 5.98. The van der Waals surface area contributed by atoms with Gasteiger partial charge in [-0.15, -0.1) is 0 Å². The van der Waals surface area contributed by atoms with Crippen molar-refractivity contribution in [3.05, 3.63) is 35.9 Å². The molecule has 4 heteroatoms. The van der Waals surface area contributed by atoms with Crippen LogP contribution in [0.2, 0.25) is 0 Å². The molecular formula is C14H20N2O2. The lowest BCUT2D eigenvalue weighted by Gasteiger charge is -2.20. The third kappa shape index (κ3) is 3.55. The molecule has 18 heavy (non-hydrogen) atoms. The number of hydrogen-bond donors (Lipinski definition) is 2. The molecule has 2 atom stereocenters. The molecule has 2 unspecified atom stereocenters. The SMILES string of the molecule is CC(=O)NC1CCN(CC(O)c2ccccc2)C1. The zero-order valence-corrected chi connectivity index (χ0v) is 10.7. The maximum absolute atomic E-state index is 11.0. The predicted octanol–water partition coefficient (Wildman–Crippen LogP) is 0.930. The van der Waals surface area contributed by atoms with Crippen molar-refractivity contribution in [2.24, 2.45) is 0 Å². The van der Waals surface area contributed by atoms with Crippen LogP contribution in [0.1, 0.15) is 25.0 Å². The molecular weight excluding hydrogens is 228 g/mol. The van der Waals surface area contributed by atoms with Crippen molar-refractivity contribution in [1.29, 1.82) is 0 Å². The molecule has 0 saturated carbocycles. The first-order valence-corrected chi connectivity index (χ1v) is 6.37. The number of likely N-dealkylation sites (tertiary alicyclic amines) is 1. The van der Waals surface area contributed by atoms with Crippen LogP contribution in [-0.2, 0) is 4.79 Å². The number of carbonyl (C=O) groups is 1. The summed E-state index contributed by atoms with van der Waals surface area (Å²) in [5, 5.41) is 13.0. The molecule has 2 rings (SSSR count). The van der Waals surface area contributed by atoms with Crippen LogP contribution in [0.25, 0.3) is 0 Å². The summed E-state index contributed by atoms with van der Waals surface area (Å²) in [6.45, 7) is 3.92. The average molecular weight is 248 g/mol. The first-order valence-electron chi connectivity index (χ1n) is 6.37. The Morgan fingerprint density at radius 1 is 1.50 bits per heavy atom. The van der Waals surface area contributed by atoms with E-state index in [9.17, 15) is 9.90 Å². The van der Waals surface area contributed by atoms with Crippen LogP contribution in [0.4, 0.5) is 0 Å². The van der Waals surface area contributed by atoms with Gasteiger partial charge in [-0.25, -0.2) is 0 Å². The number of benzene rings is 1. The summed E-state index contributed by atoms with van der Waals surface area (Å²) in [4.78, 5) is 13.2. The Labute approximate surface area is 108 Å². The van der Waals surface area contributed by atoms with Crippen molar-refractivity contribution < 1.29 is 9.90 Å². The molecule has 1 aromatic rings. The summed E-state index contributed by atoms with van der Waals surface area (Å²) in [6, 6.07) is 9.91. The Morgan fingerprint density at radius 2 is 2.22 bits per heavy atom. The number of nitrogens with zero attached hydrogens (tertiary/aromatic N) is 1. The van der Waals surface area contributed by atoms with Crippen molar-refractivity contribution >= 4 is 5.91 Å². The molecule has 98 valence electrons. The van der Waals surface area contributed by atoms with Crippen molar-refractivity contribution in [3.8, 4) is 0 Å². The van der Waals surface area contributed by atoms with Crippen molar-refractivity contribution in [2.45, 2.75) is 25.5 Å². The Balaban J connectivity index is 1.83. The molecule has 1 aliphatic heterocycles. The van der Waals surface area contributed by atoms with Gasteiger partial charge in [-0.3, -0.25) is 9.69 Å². The highest BCUT2D eigenvalue weighted by Crippen LogP contribution is 2.17. The number of rotatable bonds is 4. The number of amides is 1. The molecule has 0 aromatic heterocycles. The Morgan fingerprint density at radius 3 is 2.89 bits per heavy atom. The van der Waals surface area contributed by atoms with Crippen molar-refractivity contribution in [2.75, 3.05) is 19.6 Å². The zero-order chi connectivity index (χ0) is 13.0. The number of aliphatic hydroxyl groups is 1. The maximum atomic E-state index is 11.0. The second-order valence-corrected chi connectivity index (χ2v) is 4.87. The summed E-state index contributed by atoms with van der Waals surface area (Å²) in [5.74, 6) is 0.0189. The topological polar surface area (TPSA) is 52.6 Å². The third-order valence-corrected chi connectivity index (χ3v) is 3.30. The smallest absolute Gasteiger partial charge is 0.217 e. The Bertz CT molecular complexity index is 394. The van der Waals surface area contributed by atoms with Gasteiger partial charge in [0.15, 0.2) is 0 Å². The highest BCUT2D eigenvalue weighted by Gasteiger charge is 2.24. The molecule has 0 radical (unpaired) electrons. The molecule has 1 amide bonds. The highest BCUT2D eigenvalue weighted by atomic mass is 16.3. The maximum Gasteiger partial charge on any atom is 0.217 e. The van der Waals surface area contributed by atoms with Gasteiger partial charge in [0.2, 0.25) is 5.91 Å². The Hall–Kier alpha value is -1.39. The van der Waals surface area contributed by atoms with E-state index < -0.39 is 6.10 Å². The first-order chi connectivity index (χ1) is 8.65. The van der Waals surface area contributed by atoms with Gasteiger partial charge < -0.3 is 10.4 Å². The number of hydrogen-bond acceptors (Lipinski definition) is 3. The van der Waals surface area contributed by atoms with E-state index in [2.05, 4.69) is 10.2 Å². The standard InChI is InChI=1S/C14H20N2O2/c1-11(17)15-13-7-8-16(9-13)10-14(18)12-5-3-2-4-6-12/h2-6,13-14,18H,7-10H2,1H3,(H,15,17). The molecule has 1 aliphatic rings. The van der Waals surface area contributed by atoms with Gasteiger partial charge in [0.1, 0.15) is 0 Å². The number of β-amino-alcohol motifs (C(OH)–C–C–N with tert-alkyl or cyclic N) is 1. The van der Waals surface area contributed by atoms with Crippen molar-refractivity contribution in [3.63, 3.8) is 0 Å². The zero-order valence-electron chi connectivity index (χ0n) is 10.7. The molecule has 0 aliphatic carbocycles. The summed E-state index contributed by atoms with van der Waals surface area (Å²) < 4.78 is 0. The lowest BCUT2D eigenvalue weighted by molar-refractivity contribution is -0.119. The van der Waals surface area contributed by atoms with Gasteiger partial charge in [-0.05, 0) is 12.0 Å². The molecule has 1 saturated heterocycles.